The Kier molecular flexibility index (Phi) is 12.3. The summed E-state index contributed by atoms with van der Waals surface area (Å²) < 4.78 is 92.5. The van der Waals surface area contributed by atoms with E-state index in [1.807, 2.05) is 4.72 Å². The van der Waals surface area contributed by atoms with Crippen LogP contribution in [-0.2, 0) is 48.6 Å². The molecule has 2 fully saturated rings. The van der Waals surface area contributed by atoms with Crippen LogP contribution in [0.4, 0.5) is 0 Å². The predicted molar refractivity (Wildman–Crippen MR) is 134 cm³/mol. The number of carbonyl (C=O) groups excluding carboxylic acids is 1. The summed E-state index contributed by atoms with van der Waals surface area (Å²) in [5, 5.41) is 35.5. The zero-order valence-corrected chi connectivity index (χ0v) is 23.7. The number of nitrogens with one attached hydrogen (secondary N) is 2. The Labute approximate surface area is 231 Å². The van der Waals surface area contributed by atoms with Crippen LogP contribution in [0.1, 0.15) is 20.3 Å². The molecule has 0 spiro atoms. The molecule has 2 saturated heterocycles. The van der Waals surface area contributed by atoms with Crippen molar-refractivity contribution in [3.8, 4) is 0 Å². The Bertz CT molecular complexity index is 1070. The van der Waals surface area contributed by atoms with Gasteiger partial charge in [-0.25, -0.2) is 9.61 Å². The van der Waals surface area contributed by atoms with Crippen LogP contribution in [-0.4, -0.2) is 136 Å². The van der Waals surface area contributed by atoms with E-state index in [2.05, 4.69) is 21.4 Å². The molecule has 1 amide bonds. The fourth-order valence-corrected chi connectivity index (χ4v) is 5.76. The minimum atomic E-state index is -4.94. The molecular weight excluding hydrogens is 586 g/mol. The van der Waals surface area contributed by atoms with Gasteiger partial charge in [0, 0.05) is 25.2 Å². The molecule has 7 N–H and O–H groups in total. The number of nitrogens with zero attached hydrogens (tertiary/aromatic N) is 1. The lowest BCUT2D eigenvalue weighted by Gasteiger charge is -2.50. The largest absolute Gasteiger partial charge is 0.397 e. The van der Waals surface area contributed by atoms with Crippen LogP contribution < -0.4 is 10.1 Å². The van der Waals surface area contributed by atoms with E-state index in [-0.39, 0.29) is 13.0 Å². The van der Waals surface area contributed by atoms with Crippen LogP contribution in [0.2, 0.25) is 0 Å². The average molecular weight is 624 g/mol. The monoisotopic (exact) mass is 623 g/mol. The van der Waals surface area contributed by atoms with Gasteiger partial charge < -0.3 is 34.3 Å². The van der Waals surface area contributed by atoms with Crippen molar-refractivity contribution in [3.63, 3.8) is 0 Å². The van der Waals surface area contributed by atoms with E-state index in [4.69, 9.17) is 23.5 Å². The molecular formula is C20H37N3O15S2. The van der Waals surface area contributed by atoms with Gasteiger partial charge in [-0.1, -0.05) is 13.8 Å². The van der Waals surface area contributed by atoms with Crippen molar-refractivity contribution in [1.29, 1.82) is 0 Å². The number of carbonyl (C=O) groups is 1. The molecule has 0 saturated carbocycles. The number of ether oxygens (including phenoxy) is 4. The first-order valence-electron chi connectivity index (χ1n) is 12.0. The van der Waals surface area contributed by atoms with Crippen molar-refractivity contribution in [2.24, 2.45) is 16.4 Å². The Morgan fingerprint density at radius 1 is 1.05 bits per heavy atom. The third kappa shape index (κ3) is 8.80. The van der Waals surface area contributed by atoms with Gasteiger partial charge in [0.15, 0.2) is 0 Å². The molecule has 0 aromatic heterocycles. The maximum Gasteiger partial charge on any atom is 0.397 e. The predicted octanol–water partition coefficient (Wildman–Crippen LogP) is -3.39. The summed E-state index contributed by atoms with van der Waals surface area (Å²) in [4.78, 5) is 12.5. The normalized spacial score (nSPS) is 37.1. The first-order valence-corrected chi connectivity index (χ1v) is 14.8. The molecule has 2 aliphatic rings. The quantitative estimate of drug-likeness (QED) is 0.0565. The van der Waals surface area contributed by atoms with Gasteiger partial charge in [-0.3, -0.25) is 13.9 Å². The Morgan fingerprint density at radius 3 is 2.23 bits per heavy atom. The fourth-order valence-electron chi connectivity index (χ4n) is 4.84. The number of rotatable bonds is 14. The minimum absolute atomic E-state index is 0.265. The van der Waals surface area contributed by atoms with E-state index in [0.717, 1.165) is 0 Å². The summed E-state index contributed by atoms with van der Waals surface area (Å²) in [6.45, 7) is 4.06. The summed E-state index contributed by atoms with van der Waals surface area (Å²) in [5.41, 5.74) is 0.565. The first kappa shape index (κ1) is 34.8. The molecule has 10 atom stereocenters. The van der Waals surface area contributed by atoms with Gasteiger partial charge in [-0.2, -0.15) is 26.7 Å². The van der Waals surface area contributed by atoms with Crippen LogP contribution in [0, 0.1) is 11.3 Å². The highest BCUT2D eigenvalue weighted by Gasteiger charge is 2.54. The van der Waals surface area contributed by atoms with Gasteiger partial charge >= 0.3 is 20.7 Å². The van der Waals surface area contributed by atoms with Gasteiger partial charge in [0.2, 0.25) is 0 Å². The molecule has 2 aliphatic heterocycles. The summed E-state index contributed by atoms with van der Waals surface area (Å²) in [7, 11) is -8.60. The summed E-state index contributed by atoms with van der Waals surface area (Å²) >= 11 is 0. The number of hydrazone groups is 1. The topological polar surface area (TPSA) is 269 Å². The number of aliphatic hydroxyl groups is 3. The number of amides is 1. The van der Waals surface area contributed by atoms with Crippen molar-refractivity contribution in [2.75, 3.05) is 33.5 Å². The highest BCUT2D eigenvalue weighted by molar-refractivity contribution is 7.83. The lowest BCUT2D eigenvalue weighted by molar-refractivity contribution is -0.233. The number of methoxy groups -OCH3 is 1. The van der Waals surface area contributed by atoms with Crippen molar-refractivity contribution < 1.29 is 69.2 Å². The lowest BCUT2D eigenvalue weighted by Crippen LogP contribution is -2.68. The van der Waals surface area contributed by atoms with Crippen molar-refractivity contribution >= 4 is 33.3 Å². The fraction of sp³-hybridized carbons (Fsp3) is 0.900. The molecule has 2 rings (SSSR count). The molecule has 0 aliphatic carbocycles. The highest BCUT2D eigenvalue weighted by Crippen LogP contribution is 2.38. The van der Waals surface area contributed by atoms with Crippen LogP contribution in [0.3, 0.4) is 0 Å². The second-order valence-corrected chi connectivity index (χ2v) is 12.0. The van der Waals surface area contributed by atoms with Crippen LogP contribution in [0.5, 0.6) is 0 Å². The Balaban J connectivity index is 2.30. The first-order chi connectivity index (χ1) is 18.5. The van der Waals surface area contributed by atoms with Gasteiger partial charge in [0.1, 0.15) is 18.3 Å². The molecule has 18 nitrogen and oxygen atoms in total. The molecule has 0 aromatic carbocycles. The zero-order valence-electron chi connectivity index (χ0n) is 22.0. The third-order valence-electron chi connectivity index (χ3n) is 6.92. The second-order valence-electron chi connectivity index (χ2n) is 9.70. The van der Waals surface area contributed by atoms with Crippen LogP contribution in [0.15, 0.2) is 5.10 Å². The van der Waals surface area contributed by atoms with Gasteiger partial charge in [0.25, 0.3) is 5.91 Å². The number of hydrogen-bond donors (Lipinski definition) is 7. The SMILES string of the molecule is C=NNC(=O)C1OC(CC)C(O)C(O)C1COCC1OC(COS(=O)(=O)O)C(C)(COC)C(O)C1NS(=O)(=O)O. The smallest absolute Gasteiger partial charge is 0.391 e. The third-order valence-corrected chi connectivity index (χ3v) is 7.93. The molecule has 20 heteroatoms. The summed E-state index contributed by atoms with van der Waals surface area (Å²) in [6.07, 6.45) is -9.27. The minimum Gasteiger partial charge on any atom is -0.391 e. The summed E-state index contributed by atoms with van der Waals surface area (Å²) in [5.74, 6) is -1.93. The molecule has 10 unspecified atom stereocenters. The standard InChI is InChI=1S/C20H37N3O15S2/c1-5-11-16(25)15(24)10(17(38-11)19(27)22-21-3)6-35-7-12-14(23-39(28,29)30)18(26)20(2,9-34-4)13(37-12)8-36-40(31,32)33/h10-18,23-26H,3,5-9H2,1-2,4H3,(H,22,27)(H,28,29,30)(H,31,32,33). The van der Waals surface area contributed by atoms with E-state index >= 15 is 0 Å². The summed E-state index contributed by atoms with van der Waals surface area (Å²) in [6, 6.07) is -1.58. The molecule has 0 bridgehead atoms. The number of hydrogen-bond acceptors (Lipinski definition) is 14. The zero-order chi connectivity index (χ0) is 30.5. The molecule has 234 valence electrons. The van der Waals surface area contributed by atoms with E-state index in [0.29, 0.717) is 0 Å². The van der Waals surface area contributed by atoms with E-state index in [1.54, 1.807) is 6.92 Å². The molecule has 40 heavy (non-hydrogen) atoms. The maximum absolute atomic E-state index is 12.5. The van der Waals surface area contributed by atoms with Crippen LogP contribution in [0.25, 0.3) is 0 Å². The Hall–Kier alpha value is -1.40. The highest BCUT2D eigenvalue weighted by atomic mass is 32.3. The van der Waals surface area contributed by atoms with Crippen LogP contribution >= 0.6 is 0 Å². The second kappa shape index (κ2) is 14.2. The van der Waals surface area contributed by atoms with Gasteiger partial charge in [-0.05, 0) is 6.42 Å². The molecule has 2 heterocycles. The number of aliphatic hydroxyl groups excluding tert-OH is 3. The van der Waals surface area contributed by atoms with Gasteiger partial charge in [-0.15, -0.1) is 0 Å². The Morgan fingerprint density at radius 2 is 1.70 bits per heavy atom. The lowest BCUT2D eigenvalue weighted by atomic mass is 9.73. The molecule has 0 radical (unpaired) electrons. The van der Waals surface area contributed by atoms with Crippen molar-refractivity contribution in [1.82, 2.24) is 10.1 Å². The van der Waals surface area contributed by atoms with Gasteiger partial charge in [0.05, 0.1) is 56.9 Å². The van der Waals surface area contributed by atoms with Crippen molar-refractivity contribution in [2.45, 2.75) is 69.0 Å². The van der Waals surface area contributed by atoms with E-state index in [1.165, 1.54) is 14.0 Å². The maximum atomic E-state index is 12.5. The van der Waals surface area contributed by atoms with E-state index < -0.39 is 107 Å². The van der Waals surface area contributed by atoms with E-state index in [9.17, 15) is 41.5 Å². The average Bonchev–Trinajstić information content (AvgIpc) is 2.84. The molecule has 0 aromatic rings. The van der Waals surface area contributed by atoms with Crippen molar-refractivity contribution in [3.05, 3.63) is 0 Å².